The average molecular weight is 496 g/mol. The van der Waals surface area contributed by atoms with E-state index in [9.17, 15) is 26.4 Å². The highest BCUT2D eigenvalue weighted by molar-refractivity contribution is 7.90. The van der Waals surface area contributed by atoms with Crippen LogP contribution < -0.4 is 0 Å². The number of nitrogens with zero attached hydrogens (tertiary/aromatic N) is 3. The van der Waals surface area contributed by atoms with Crippen molar-refractivity contribution in [2.45, 2.75) is 17.6 Å². The molecule has 3 aromatic rings. The summed E-state index contributed by atoms with van der Waals surface area (Å²) in [5.74, 6) is -0.760. The molecule has 0 spiro atoms. The highest BCUT2D eigenvalue weighted by atomic mass is 32.2. The minimum Gasteiger partial charge on any atom is -0.463 e. The number of benzene rings is 2. The Hall–Kier alpha value is -3.18. The van der Waals surface area contributed by atoms with Gasteiger partial charge in [-0.2, -0.15) is 18.3 Å². The topological polar surface area (TPSA) is 81.5 Å². The van der Waals surface area contributed by atoms with Gasteiger partial charge in [0.1, 0.15) is 13.2 Å². The Balaban J connectivity index is 2.06. The van der Waals surface area contributed by atoms with Gasteiger partial charge in [0.05, 0.1) is 10.6 Å². The van der Waals surface area contributed by atoms with Crippen molar-refractivity contribution in [1.82, 2.24) is 14.7 Å². The Morgan fingerprint density at radius 1 is 1.06 bits per heavy atom. The summed E-state index contributed by atoms with van der Waals surface area (Å²) in [6.45, 7) is -0.0454. The van der Waals surface area contributed by atoms with Crippen LogP contribution in [0, 0.1) is 0 Å². The number of carbonyl (C=O) groups is 1. The van der Waals surface area contributed by atoms with Gasteiger partial charge in [-0.05, 0) is 31.8 Å². The van der Waals surface area contributed by atoms with Crippen molar-refractivity contribution in [2.75, 3.05) is 33.5 Å². The number of likely N-dealkylation sites (N-methyl/N-ethyl adjacent to an activating group) is 1. The van der Waals surface area contributed by atoms with Crippen molar-refractivity contribution >= 4 is 15.8 Å². The molecule has 0 aliphatic rings. The van der Waals surface area contributed by atoms with Crippen LogP contribution in [0.1, 0.15) is 5.69 Å². The molecule has 0 N–H and O–H groups in total. The minimum absolute atomic E-state index is 0.0499. The Kier molecular flexibility index (Phi) is 7.47. The van der Waals surface area contributed by atoms with E-state index in [0.717, 1.165) is 17.0 Å². The number of sulfone groups is 1. The second kappa shape index (κ2) is 9.98. The van der Waals surface area contributed by atoms with Gasteiger partial charge < -0.3 is 9.64 Å². The summed E-state index contributed by atoms with van der Waals surface area (Å²) in [6.07, 6.45) is -3.72. The quantitative estimate of drug-likeness (QED) is 0.443. The second-order valence-corrected chi connectivity index (χ2v) is 9.93. The summed E-state index contributed by atoms with van der Waals surface area (Å²) >= 11 is 0. The molecule has 3 rings (SSSR count). The van der Waals surface area contributed by atoms with Crippen molar-refractivity contribution in [1.29, 1.82) is 0 Å². The molecule has 0 radical (unpaired) electrons. The molecule has 0 saturated carbocycles. The summed E-state index contributed by atoms with van der Waals surface area (Å²) in [6, 6.07) is 13.9. The SMILES string of the molecule is CN(C)CCOC(=O)Cn1nc(C(F)(F)F)cc1-c1ccc(-c2ccccc2)c(S(C)(=O)=O)c1. The summed E-state index contributed by atoms with van der Waals surface area (Å²) < 4.78 is 71.2. The number of rotatable bonds is 8. The zero-order chi connectivity index (χ0) is 25.1. The van der Waals surface area contributed by atoms with Crippen molar-refractivity contribution in [3.63, 3.8) is 0 Å². The van der Waals surface area contributed by atoms with E-state index < -0.39 is 34.2 Å². The van der Waals surface area contributed by atoms with E-state index in [0.29, 0.717) is 17.7 Å². The van der Waals surface area contributed by atoms with Gasteiger partial charge in [-0.3, -0.25) is 9.48 Å². The van der Waals surface area contributed by atoms with Gasteiger partial charge >= 0.3 is 12.1 Å². The maximum atomic E-state index is 13.4. The van der Waals surface area contributed by atoms with E-state index in [1.54, 1.807) is 49.3 Å². The molecular weight excluding hydrogens is 471 g/mol. The molecule has 7 nitrogen and oxygen atoms in total. The van der Waals surface area contributed by atoms with Gasteiger partial charge in [0.25, 0.3) is 0 Å². The van der Waals surface area contributed by atoms with Gasteiger partial charge in [0, 0.05) is 23.9 Å². The standard InChI is InChI=1S/C23H24F3N3O4S/c1-28(2)11-12-33-22(30)15-29-19(14-21(27-29)23(24,25)26)17-9-10-18(16-7-5-4-6-8-16)20(13-17)34(3,31)32/h4-10,13-14H,11-12,15H2,1-3H3. The molecule has 0 bridgehead atoms. The minimum atomic E-state index is -4.75. The van der Waals surface area contributed by atoms with E-state index in [1.165, 1.54) is 18.2 Å². The van der Waals surface area contributed by atoms with Crippen LogP contribution in [0.4, 0.5) is 13.2 Å². The van der Waals surface area contributed by atoms with Crippen molar-refractivity contribution in [3.05, 3.63) is 60.3 Å². The lowest BCUT2D eigenvalue weighted by molar-refractivity contribution is -0.146. The van der Waals surface area contributed by atoms with Crippen LogP contribution in [0.25, 0.3) is 22.4 Å². The maximum Gasteiger partial charge on any atom is 0.435 e. The highest BCUT2D eigenvalue weighted by Gasteiger charge is 2.35. The number of ether oxygens (including phenoxy) is 1. The van der Waals surface area contributed by atoms with Crippen LogP contribution in [-0.4, -0.2) is 62.6 Å². The fourth-order valence-electron chi connectivity index (χ4n) is 3.26. The third-order valence-electron chi connectivity index (χ3n) is 4.91. The van der Waals surface area contributed by atoms with Crippen molar-refractivity contribution < 1.29 is 31.1 Å². The van der Waals surface area contributed by atoms with E-state index in [4.69, 9.17) is 4.74 Å². The molecule has 0 fully saturated rings. The molecule has 182 valence electrons. The summed E-state index contributed by atoms with van der Waals surface area (Å²) in [5.41, 5.74) is -0.0253. The predicted molar refractivity (Wildman–Crippen MR) is 121 cm³/mol. The smallest absolute Gasteiger partial charge is 0.435 e. The Labute approximate surface area is 195 Å². The Morgan fingerprint density at radius 2 is 1.74 bits per heavy atom. The fourth-order valence-corrected chi connectivity index (χ4v) is 4.19. The summed E-state index contributed by atoms with van der Waals surface area (Å²) in [4.78, 5) is 14.0. The lowest BCUT2D eigenvalue weighted by Crippen LogP contribution is -2.22. The van der Waals surface area contributed by atoms with Crippen LogP contribution in [0.2, 0.25) is 0 Å². The molecule has 0 saturated heterocycles. The molecule has 1 heterocycles. The van der Waals surface area contributed by atoms with Crippen molar-refractivity contribution in [2.24, 2.45) is 0 Å². The lowest BCUT2D eigenvalue weighted by atomic mass is 10.0. The monoisotopic (exact) mass is 495 g/mol. The molecular formula is C23H24F3N3O4S. The number of hydrogen-bond donors (Lipinski definition) is 0. The van der Waals surface area contributed by atoms with Gasteiger partial charge in [-0.15, -0.1) is 0 Å². The molecule has 0 unspecified atom stereocenters. The van der Waals surface area contributed by atoms with Crippen LogP contribution >= 0.6 is 0 Å². The first kappa shape index (κ1) is 25.4. The van der Waals surface area contributed by atoms with Crippen LogP contribution in [0.15, 0.2) is 59.5 Å². The van der Waals surface area contributed by atoms with E-state index >= 15 is 0 Å². The first-order valence-electron chi connectivity index (χ1n) is 10.2. The molecule has 2 aromatic carbocycles. The zero-order valence-corrected chi connectivity index (χ0v) is 19.7. The first-order valence-corrected chi connectivity index (χ1v) is 12.1. The first-order chi connectivity index (χ1) is 15.9. The maximum absolute atomic E-state index is 13.4. The fraction of sp³-hybridized carbons (Fsp3) is 0.304. The Bertz CT molecular complexity index is 1270. The van der Waals surface area contributed by atoms with Gasteiger partial charge in [-0.25, -0.2) is 8.42 Å². The second-order valence-electron chi connectivity index (χ2n) is 7.94. The largest absolute Gasteiger partial charge is 0.463 e. The molecule has 11 heteroatoms. The number of alkyl halides is 3. The van der Waals surface area contributed by atoms with Gasteiger partial charge in [0.2, 0.25) is 0 Å². The summed E-state index contributed by atoms with van der Waals surface area (Å²) in [7, 11) is -0.167. The van der Waals surface area contributed by atoms with E-state index in [-0.39, 0.29) is 22.8 Å². The van der Waals surface area contributed by atoms with Crippen LogP contribution in [-0.2, 0) is 32.1 Å². The van der Waals surface area contributed by atoms with Crippen LogP contribution in [0.5, 0.6) is 0 Å². The average Bonchev–Trinajstić information content (AvgIpc) is 3.17. The van der Waals surface area contributed by atoms with Gasteiger partial charge in [0.15, 0.2) is 15.5 Å². The number of halogens is 3. The molecule has 0 aliphatic heterocycles. The molecule has 0 aliphatic carbocycles. The third-order valence-corrected chi connectivity index (χ3v) is 6.05. The van der Waals surface area contributed by atoms with E-state index in [2.05, 4.69) is 5.10 Å². The number of hydrogen-bond acceptors (Lipinski definition) is 6. The third kappa shape index (κ3) is 6.23. The number of esters is 1. The zero-order valence-electron chi connectivity index (χ0n) is 18.8. The number of carbonyl (C=O) groups excluding carboxylic acids is 1. The highest BCUT2D eigenvalue weighted by Crippen LogP contribution is 2.35. The lowest BCUT2D eigenvalue weighted by Gasteiger charge is -2.13. The molecule has 1 aromatic heterocycles. The molecule has 0 amide bonds. The molecule has 0 atom stereocenters. The van der Waals surface area contributed by atoms with E-state index in [1.807, 2.05) is 0 Å². The van der Waals surface area contributed by atoms with Gasteiger partial charge in [-0.1, -0.05) is 42.5 Å². The Morgan fingerprint density at radius 3 is 2.32 bits per heavy atom. The normalized spacial score (nSPS) is 12.2. The number of aromatic nitrogens is 2. The van der Waals surface area contributed by atoms with Crippen LogP contribution in [0.3, 0.4) is 0 Å². The molecule has 34 heavy (non-hydrogen) atoms. The summed E-state index contributed by atoms with van der Waals surface area (Å²) in [5, 5.41) is 3.54. The van der Waals surface area contributed by atoms with Crippen molar-refractivity contribution in [3.8, 4) is 22.4 Å². The predicted octanol–water partition coefficient (Wildman–Crippen LogP) is 3.74.